The predicted octanol–water partition coefficient (Wildman–Crippen LogP) is 4.52. The highest BCUT2D eigenvalue weighted by Crippen LogP contribution is 2.31. The number of benzene rings is 1. The number of thiophene rings is 1. The Morgan fingerprint density at radius 1 is 1.22 bits per heavy atom. The minimum absolute atomic E-state index is 0.0932. The van der Waals surface area contributed by atoms with E-state index in [1.807, 2.05) is 17.5 Å². The molecule has 0 saturated carbocycles. The van der Waals surface area contributed by atoms with E-state index in [0.717, 1.165) is 10.4 Å². The second-order valence-corrected chi connectivity index (χ2v) is 8.77. The van der Waals surface area contributed by atoms with Crippen LogP contribution in [-0.2, 0) is 20.1 Å². The third-order valence-electron chi connectivity index (χ3n) is 4.13. The predicted molar refractivity (Wildman–Crippen MR) is 126 cm³/mol. The number of carbonyl (C=O) groups excluding carboxylic acids is 2. The summed E-state index contributed by atoms with van der Waals surface area (Å²) in [5.74, 6) is 1.08. The molecule has 2 N–H and O–H groups in total. The number of ketones is 1. The first kappa shape index (κ1) is 23.4. The molecule has 0 spiro atoms. The summed E-state index contributed by atoms with van der Waals surface area (Å²) in [5.41, 5.74) is 1.52. The van der Waals surface area contributed by atoms with Gasteiger partial charge in [0.15, 0.2) is 0 Å². The third-order valence-corrected chi connectivity index (χ3v) is 6.12. The monoisotopic (exact) mass is 473 g/mol. The molecule has 3 rings (SSSR count). The van der Waals surface area contributed by atoms with Crippen LogP contribution < -0.4 is 10.6 Å². The van der Waals surface area contributed by atoms with E-state index >= 15 is 0 Å². The molecule has 32 heavy (non-hydrogen) atoms. The van der Waals surface area contributed by atoms with Gasteiger partial charge in [-0.25, -0.2) is 14.0 Å². The molecule has 1 aromatic carbocycles. The molecule has 1 unspecified atom stereocenters. The number of thiol groups is 1. The Bertz CT molecular complexity index is 1160. The van der Waals surface area contributed by atoms with E-state index in [4.69, 9.17) is 0 Å². The quantitative estimate of drug-likeness (QED) is 0.388. The van der Waals surface area contributed by atoms with E-state index in [1.165, 1.54) is 0 Å². The number of anilines is 3. The van der Waals surface area contributed by atoms with Crippen LogP contribution >= 0.6 is 11.3 Å². The minimum Gasteiger partial charge on any atom is -0.448 e. The summed E-state index contributed by atoms with van der Waals surface area (Å²) in [7, 11) is -2.24. The summed E-state index contributed by atoms with van der Waals surface area (Å²) in [4.78, 5) is 33.0. The van der Waals surface area contributed by atoms with Crippen molar-refractivity contribution < 1.29 is 18.5 Å². The van der Waals surface area contributed by atoms with Crippen molar-refractivity contribution in [3.8, 4) is 10.4 Å². The number of hydrogen-bond donors (Lipinski definition) is 3. The molecule has 0 bridgehead atoms. The molecule has 0 aliphatic rings. The van der Waals surface area contributed by atoms with E-state index in [9.17, 15) is 13.8 Å². The number of ether oxygens (including phenoxy) is 1. The fourth-order valence-corrected chi connectivity index (χ4v) is 4.09. The number of nitrogens with one attached hydrogen (secondary N) is 2. The van der Waals surface area contributed by atoms with Crippen molar-refractivity contribution in [2.24, 2.45) is 4.36 Å². The van der Waals surface area contributed by atoms with E-state index < -0.39 is 16.7 Å². The van der Waals surface area contributed by atoms with Crippen LogP contribution in [0.3, 0.4) is 0 Å². The van der Waals surface area contributed by atoms with E-state index in [2.05, 4.69) is 29.7 Å². The Labute approximate surface area is 191 Å². The third kappa shape index (κ3) is 6.59. The van der Waals surface area contributed by atoms with Crippen molar-refractivity contribution in [1.82, 2.24) is 9.97 Å². The van der Waals surface area contributed by atoms with Crippen molar-refractivity contribution in [3.05, 3.63) is 48.0 Å². The van der Waals surface area contributed by atoms with Gasteiger partial charge in [-0.3, -0.25) is 4.79 Å². The van der Waals surface area contributed by atoms with Gasteiger partial charge in [-0.1, -0.05) is 6.07 Å². The van der Waals surface area contributed by atoms with Crippen LogP contribution in [0.1, 0.15) is 20.3 Å². The van der Waals surface area contributed by atoms with Crippen LogP contribution in [0.4, 0.5) is 22.2 Å². The summed E-state index contributed by atoms with van der Waals surface area (Å²) >= 11 is 1.57. The molecular formula is C21H23N5O4S2. The van der Waals surface area contributed by atoms with Gasteiger partial charge in [0.05, 0.1) is 22.8 Å². The maximum absolute atomic E-state index is 12.1. The molecule has 3 aromatic rings. The Kier molecular flexibility index (Phi) is 8.28. The van der Waals surface area contributed by atoms with Crippen LogP contribution in [0.5, 0.6) is 0 Å². The lowest BCUT2D eigenvalue weighted by Gasteiger charge is -2.12. The van der Waals surface area contributed by atoms with Gasteiger partial charge >= 0.3 is 6.09 Å². The molecule has 1 atom stereocenters. The van der Waals surface area contributed by atoms with Gasteiger partial charge in [-0.15, -0.1) is 15.7 Å². The fraction of sp³-hybridized carbons (Fsp3) is 0.238. The molecule has 2 aromatic heterocycles. The van der Waals surface area contributed by atoms with Crippen molar-refractivity contribution in [2.45, 2.75) is 25.2 Å². The molecule has 1 amide bonds. The van der Waals surface area contributed by atoms with E-state index in [0.29, 0.717) is 35.3 Å². The van der Waals surface area contributed by atoms with Gasteiger partial charge < -0.3 is 15.4 Å². The summed E-state index contributed by atoms with van der Waals surface area (Å²) in [6.45, 7) is 3.84. The van der Waals surface area contributed by atoms with Gasteiger partial charge in [0.25, 0.3) is 0 Å². The molecule has 0 saturated heterocycles. The smallest absolute Gasteiger partial charge is 0.441 e. The van der Waals surface area contributed by atoms with Gasteiger partial charge in [-0.05, 0) is 49.6 Å². The molecule has 0 aliphatic carbocycles. The zero-order chi connectivity index (χ0) is 22.9. The topological polar surface area (TPSA) is 123 Å². The van der Waals surface area contributed by atoms with Crippen molar-refractivity contribution >= 4 is 51.3 Å². The van der Waals surface area contributed by atoms with Gasteiger partial charge in [0.2, 0.25) is 5.95 Å². The van der Waals surface area contributed by atoms with Crippen LogP contribution in [-0.4, -0.2) is 39.2 Å². The van der Waals surface area contributed by atoms with Gasteiger partial charge in [0.1, 0.15) is 11.6 Å². The molecule has 0 aliphatic heterocycles. The molecule has 168 valence electrons. The highest BCUT2D eigenvalue weighted by molar-refractivity contribution is 7.75. The maximum Gasteiger partial charge on any atom is 0.441 e. The number of aromatic nitrogens is 2. The van der Waals surface area contributed by atoms with Gasteiger partial charge in [-0.2, -0.15) is 4.98 Å². The average molecular weight is 474 g/mol. The summed E-state index contributed by atoms with van der Waals surface area (Å²) < 4.78 is 20.3. The first-order valence-electron chi connectivity index (χ1n) is 9.83. The molecular weight excluding hydrogens is 450 g/mol. The Morgan fingerprint density at radius 2 is 2.00 bits per heavy atom. The number of hydrogen-bond acceptors (Lipinski definition) is 9. The van der Waals surface area contributed by atoms with Crippen LogP contribution in [0.2, 0.25) is 0 Å². The fourth-order valence-electron chi connectivity index (χ4n) is 2.63. The zero-order valence-electron chi connectivity index (χ0n) is 17.6. The lowest BCUT2D eigenvalue weighted by molar-refractivity contribution is -0.116. The highest BCUT2D eigenvalue weighted by atomic mass is 32.2. The second-order valence-electron chi connectivity index (χ2n) is 6.56. The van der Waals surface area contributed by atoms with Crippen LogP contribution in [0.15, 0.2) is 57.2 Å². The molecule has 9 nitrogen and oxygen atoms in total. The van der Waals surface area contributed by atoms with Gasteiger partial charge in [0, 0.05) is 34.6 Å². The molecule has 0 radical (unpaired) electrons. The number of amides is 1. The SMILES string of the molecule is CCOC(=O)/N=[SH](=O)/c1ccc(Nc2ncc(-c3cccs3)c(NCCC(C)=O)n2)cc1. The van der Waals surface area contributed by atoms with Crippen molar-refractivity contribution in [3.63, 3.8) is 0 Å². The average Bonchev–Trinajstić information content (AvgIpc) is 3.29. The summed E-state index contributed by atoms with van der Waals surface area (Å²) in [6, 6.07) is 10.5. The summed E-state index contributed by atoms with van der Waals surface area (Å²) in [6.07, 6.45) is 1.27. The lowest BCUT2D eigenvalue weighted by atomic mass is 10.2. The second kappa shape index (κ2) is 11.3. The maximum atomic E-state index is 12.1. The molecule has 0 fully saturated rings. The zero-order valence-corrected chi connectivity index (χ0v) is 19.3. The first-order valence-corrected chi connectivity index (χ1v) is 11.9. The van der Waals surface area contributed by atoms with Crippen LogP contribution in [0.25, 0.3) is 10.4 Å². The number of Topliss-reactive ketones (excluding diaryl/α,β-unsaturated/α-hetero) is 1. The van der Waals surface area contributed by atoms with Crippen molar-refractivity contribution in [2.75, 3.05) is 23.8 Å². The van der Waals surface area contributed by atoms with E-state index in [1.54, 1.807) is 55.6 Å². The Balaban J connectivity index is 1.77. The number of carbonyl (C=O) groups is 2. The molecule has 2 heterocycles. The largest absolute Gasteiger partial charge is 0.448 e. The Hall–Kier alpha value is -3.31. The number of rotatable bonds is 9. The first-order chi connectivity index (χ1) is 15.5. The highest BCUT2D eigenvalue weighted by Gasteiger charge is 2.11. The van der Waals surface area contributed by atoms with E-state index in [-0.39, 0.29) is 12.4 Å². The van der Waals surface area contributed by atoms with Crippen molar-refractivity contribution in [1.29, 1.82) is 0 Å². The standard InChI is InChI=1S/C21H23N5O4S2/c1-3-30-21(28)26-32(29)16-8-6-15(7-9-16)24-20-23-13-17(18-5-4-12-31-18)19(25-20)22-11-10-14(2)27/h4-9,12-13,32H,3,10-11H2,1-2H3,(H2,22,23,24,25). The number of nitrogens with zero attached hydrogens (tertiary/aromatic N) is 3. The molecule has 11 heteroatoms. The summed E-state index contributed by atoms with van der Waals surface area (Å²) in [5, 5.41) is 8.29. The van der Waals surface area contributed by atoms with Crippen LogP contribution in [0, 0.1) is 0 Å². The minimum atomic E-state index is -2.24. The normalized spacial score (nSPS) is 11.7. The Morgan fingerprint density at radius 3 is 2.66 bits per heavy atom. The lowest BCUT2D eigenvalue weighted by Crippen LogP contribution is -2.09.